The van der Waals surface area contributed by atoms with Gasteiger partial charge in [-0.1, -0.05) is 11.6 Å². The van der Waals surface area contributed by atoms with E-state index in [0.29, 0.717) is 11.2 Å². The molecule has 1 atom stereocenters. The van der Waals surface area contributed by atoms with Crippen molar-refractivity contribution in [1.82, 2.24) is 15.3 Å². The Kier molecular flexibility index (Phi) is 2.41. The topological polar surface area (TPSA) is 37.8 Å². The van der Waals surface area contributed by atoms with Crippen LogP contribution >= 0.6 is 23.2 Å². The van der Waals surface area contributed by atoms with Gasteiger partial charge in [0, 0.05) is 18.2 Å². The van der Waals surface area contributed by atoms with Gasteiger partial charge >= 0.3 is 0 Å². The van der Waals surface area contributed by atoms with Gasteiger partial charge in [-0.3, -0.25) is 0 Å². The van der Waals surface area contributed by atoms with Crippen molar-refractivity contribution >= 4 is 23.2 Å². The molecule has 13 heavy (non-hydrogen) atoms. The maximum Gasteiger partial charge on any atom is 0.224 e. The Morgan fingerprint density at radius 2 is 2.15 bits per heavy atom. The quantitative estimate of drug-likeness (QED) is 0.533. The summed E-state index contributed by atoms with van der Waals surface area (Å²) in [7, 11) is 0. The Balaban J connectivity index is 2.47. The summed E-state index contributed by atoms with van der Waals surface area (Å²) >= 11 is 11.6. The third-order valence-electron chi connectivity index (χ3n) is 2.14. The molecule has 0 amide bonds. The van der Waals surface area contributed by atoms with E-state index in [1.807, 2.05) is 0 Å². The minimum Gasteiger partial charge on any atom is -0.308 e. The summed E-state index contributed by atoms with van der Waals surface area (Å²) in [5.41, 5.74) is 1.94. The molecule has 0 unspecified atom stereocenters. The zero-order chi connectivity index (χ0) is 9.42. The lowest BCUT2D eigenvalue weighted by atomic mass is 10.0. The first-order valence-electron chi connectivity index (χ1n) is 4.11. The summed E-state index contributed by atoms with van der Waals surface area (Å²) in [4.78, 5) is 8.03. The van der Waals surface area contributed by atoms with E-state index < -0.39 is 0 Å². The van der Waals surface area contributed by atoms with Gasteiger partial charge in [-0.2, -0.15) is 0 Å². The average Bonchev–Trinajstić information content (AvgIpc) is 2.06. The lowest BCUT2D eigenvalue weighted by Gasteiger charge is -2.22. The highest BCUT2D eigenvalue weighted by Crippen LogP contribution is 2.23. The summed E-state index contributed by atoms with van der Waals surface area (Å²) in [5.74, 6) is 0. The molecule has 0 fully saturated rings. The fraction of sp³-hybridized carbons (Fsp3) is 0.500. The van der Waals surface area contributed by atoms with E-state index in [1.54, 1.807) is 0 Å². The van der Waals surface area contributed by atoms with Gasteiger partial charge in [0.05, 0.1) is 5.69 Å². The first-order chi connectivity index (χ1) is 6.16. The predicted octanol–water partition coefficient (Wildman–Crippen LogP) is 1.82. The van der Waals surface area contributed by atoms with Gasteiger partial charge < -0.3 is 5.32 Å². The van der Waals surface area contributed by atoms with Crippen LogP contribution in [0.15, 0.2) is 0 Å². The van der Waals surface area contributed by atoms with Gasteiger partial charge in [-0.25, -0.2) is 9.97 Å². The van der Waals surface area contributed by atoms with E-state index >= 15 is 0 Å². The molecule has 0 saturated heterocycles. The molecule has 1 aliphatic rings. The predicted molar refractivity (Wildman–Crippen MR) is 52.1 cm³/mol. The SMILES string of the molecule is C[C@@H]1Cc2c(Cl)nc(Cl)nc2CN1. The van der Waals surface area contributed by atoms with Gasteiger partial charge in [0.25, 0.3) is 0 Å². The number of rotatable bonds is 0. The Bertz CT molecular complexity index is 340. The first kappa shape index (κ1) is 9.19. The third kappa shape index (κ3) is 1.77. The molecule has 3 nitrogen and oxygen atoms in total. The zero-order valence-electron chi connectivity index (χ0n) is 7.14. The van der Waals surface area contributed by atoms with Crippen LogP contribution in [0.5, 0.6) is 0 Å². The third-order valence-corrected chi connectivity index (χ3v) is 2.62. The molecule has 1 aromatic rings. The molecule has 0 spiro atoms. The van der Waals surface area contributed by atoms with Gasteiger partial charge in [-0.15, -0.1) is 0 Å². The van der Waals surface area contributed by atoms with E-state index in [2.05, 4.69) is 22.2 Å². The molecule has 0 radical (unpaired) electrons. The smallest absolute Gasteiger partial charge is 0.224 e. The van der Waals surface area contributed by atoms with Crippen LogP contribution in [0.4, 0.5) is 0 Å². The van der Waals surface area contributed by atoms with Crippen LogP contribution in [0, 0.1) is 0 Å². The molecule has 0 aromatic carbocycles. The van der Waals surface area contributed by atoms with Gasteiger partial charge in [0.1, 0.15) is 5.15 Å². The Morgan fingerprint density at radius 1 is 1.38 bits per heavy atom. The largest absolute Gasteiger partial charge is 0.308 e. The van der Waals surface area contributed by atoms with Crippen molar-refractivity contribution in [2.24, 2.45) is 0 Å². The summed E-state index contributed by atoms with van der Waals surface area (Å²) < 4.78 is 0. The highest BCUT2D eigenvalue weighted by Gasteiger charge is 2.19. The molecule has 2 heterocycles. The Hall–Kier alpha value is -0.380. The molecule has 1 N–H and O–H groups in total. The molecule has 70 valence electrons. The van der Waals surface area contributed by atoms with E-state index in [1.165, 1.54) is 0 Å². The van der Waals surface area contributed by atoms with Crippen LogP contribution in [-0.4, -0.2) is 16.0 Å². The van der Waals surface area contributed by atoms with E-state index in [4.69, 9.17) is 23.2 Å². The highest BCUT2D eigenvalue weighted by molar-refractivity contribution is 6.32. The van der Waals surface area contributed by atoms with Crippen molar-refractivity contribution in [3.63, 3.8) is 0 Å². The molecule has 1 aliphatic heterocycles. The molecule has 0 aliphatic carbocycles. The number of nitrogens with one attached hydrogen (secondary N) is 1. The molecule has 5 heteroatoms. The lowest BCUT2D eigenvalue weighted by Crippen LogP contribution is -2.33. The summed E-state index contributed by atoms with van der Waals surface area (Å²) in [6, 6.07) is 0.426. The highest BCUT2D eigenvalue weighted by atomic mass is 35.5. The van der Waals surface area contributed by atoms with E-state index in [0.717, 1.165) is 24.2 Å². The minimum absolute atomic E-state index is 0.222. The van der Waals surface area contributed by atoms with Crippen molar-refractivity contribution < 1.29 is 0 Å². The van der Waals surface area contributed by atoms with E-state index in [9.17, 15) is 0 Å². The van der Waals surface area contributed by atoms with Crippen molar-refractivity contribution in [2.45, 2.75) is 25.9 Å². The maximum atomic E-state index is 5.95. The van der Waals surface area contributed by atoms with Crippen LogP contribution < -0.4 is 5.32 Å². The van der Waals surface area contributed by atoms with Gasteiger partial charge in [0.2, 0.25) is 5.28 Å². The molecule has 0 bridgehead atoms. The normalized spacial score (nSPS) is 21.3. The Morgan fingerprint density at radius 3 is 2.92 bits per heavy atom. The maximum absolute atomic E-state index is 5.95. The van der Waals surface area contributed by atoms with Crippen LogP contribution in [0.2, 0.25) is 10.4 Å². The second kappa shape index (κ2) is 3.40. The number of fused-ring (bicyclic) bond motifs is 1. The second-order valence-electron chi connectivity index (χ2n) is 3.19. The molecular formula is C8H9Cl2N3. The number of aromatic nitrogens is 2. The monoisotopic (exact) mass is 217 g/mol. The van der Waals surface area contributed by atoms with Crippen LogP contribution in [-0.2, 0) is 13.0 Å². The fourth-order valence-corrected chi connectivity index (χ4v) is 1.96. The van der Waals surface area contributed by atoms with Gasteiger partial charge in [0.15, 0.2) is 0 Å². The zero-order valence-corrected chi connectivity index (χ0v) is 8.65. The van der Waals surface area contributed by atoms with Gasteiger partial charge in [-0.05, 0) is 24.9 Å². The summed E-state index contributed by atoms with van der Waals surface area (Å²) in [6.45, 7) is 2.83. The summed E-state index contributed by atoms with van der Waals surface area (Å²) in [6.07, 6.45) is 0.866. The molecule has 2 rings (SSSR count). The van der Waals surface area contributed by atoms with Crippen LogP contribution in [0.25, 0.3) is 0 Å². The fourth-order valence-electron chi connectivity index (χ4n) is 1.47. The standard InChI is InChI=1S/C8H9Cl2N3/c1-4-2-5-6(3-11-4)12-8(10)13-7(5)9/h4,11H,2-3H2,1H3/t4-/m1/s1. The molecule has 0 saturated carbocycles. The number of nitrogens with zero attached hydrogens (tertiary/aromatic N) is 2. The van der Waals surface area contributed by atoms with Crippen molar-refractivity contribution in [2.75, 3.05) is 0 Å². The van der Waals surface area contributed by atoms with E-state index in [-0.39, 0.29) is 5.28 Å². The summed E-state index contributed by atoms with van der Waals surface area (Å²) in [5, 5.41) is 4.00. The van der Waals surface area contributed by atoms with Crippen molar-refractivity contribution in [1.29, 1.82) is 0 Å². The lowest BCUT2D eigenvalue weighted by molar-refractivity contribution is 0.503. The minimum atomic E-state index is 0.222. The Labute approximate surface area is 86.5 Å². The molecular weight excluding hydrogens is 209 g/mol. The van der Waals surface area contributed by atoms with Crippen molar-refractivity contribution in [3.05, 3.63) is 21.7 Å². The van der Waals surface area contributed by atoms with Crippen LogP contribution in [0.1, 0.15) is 18.2 Å². The van der Waals surface area contributed by atoms with Crippen LogP contribution in [0.3, 0.4) is 0 Å². The average molecular weight is 218 g/mol. The number of halogens is 2. The number of hydrogen-bond acceptors (Lipinski definition) is 3. The first-order valence-corrected chi connectivity index (χ1v) is 4.86. The second-order valence-corrected chi connectivity index (χ2v) is 3.89. The van der Waals surface area contributed by atoms with Crippen molar-refractivity contribution in [3.8, 4) is 0 Å². The molecule has 1 aromatic heterocycles. The number of hydrogen-bond donors (Lipinski definition) is 1.